The molecule has 0 spiro atoms. The summed E-state index contributed by atoms with van der Waals surface area (Å²) in [6.45, 7) is 6.89. The van der Waals surface area contributed by atoms with Gasteiger partial charge in [0.15, 0.2) is 18.1 Å². The highest BCUT2D eigenvalue weighted by Gasteiger charge is 2.53. The van der Waals surface area contributed by atoms with Crippen LogP contribution in [0.25, 0.3) is 0 Å². The molecule has 0 bridgehead atoms. The Balaban J connectivity index is 1.95. The molecule has 1 aromatic heterocycles. The molecule has 0 aliphatic carbocycles. The molecule has 2 aliphatic heterocycles. The van der Waals surface area contributed by atoms with E-state index >= 15 is 0 Å². The lowest BCUT2D eigenvalue weighted by atomic mass is 10.0. The highest BCUT2D eigenvalue weighted by atomic mass is 16.8. The van der Waals surface area contributed by atoms with Gasteiger partial charge >= 0.3 is 29.8 Å². The zero-order valence-electron chi connectivity index (χ0n) is 25.1. The smallest absolute Gasteiger partial charge is 0.408 e. The van der Waals surface area contributed by atoms with Crippen molar-refractivity contribution in [3.8, 4) is 0 Å². The standard InChI is InChI=1S/C25H35N5O16/c1-24(2,3)46-23(41)28-10(14-9(7-42-21(26)39)44-25(4,5)45-14)17(34)27-11(20(37)38)15-12(31)13(32)18(43-15)30-6-8(19(35)36)16(33)29-22(30)40/h6,9-15,18,31-32H,7H2,1-5H3,(H2,26,39)(H,27,34)(H,28,41)(H,35,36)(H,37,38)(H,29,33,40)/t9-,10-,11-,12-,13+,14+,15+,18+/m0/s1. The molecule has 3 amide bonds. The van der Waals surface area contributed by atoms with Crippen molar-refractivity contribution < 1.29 is 68.1 Å². The van der Waals surface area contributed by atoms with Crippen LogP contribution in [-0.4, -0.2) is 121 Å². The third kappa shape index (κ3) is 8.37. The first-order valence-electron chi connectivity index (χ1n) is 13.5. The monoisotopic (exact) mass is 661 g/mol. The number of rotatable bonds is 10. The van der Waals surface area contributed by atoms with Gasteiger partial charge in [0.25, 0.3) is 5.56 Å². The summed E-state index contributed by atoms with van der Waals surface area (Å²) in [7, 11) is 0. The van der Waals surface area contributed by atoms with Crippen molar-refractivity contribution in [3.05, 3.63) is 32.6 Å². The zero-order valence-corrected chi connectivity index (χ0v) is 25.1. The van der Waals surface area contributed by atoms with E-state index in [1.54, 1.807) is 4.98 Å². The van der Waals surface area contributed by atoms with E-state index in [9.17, 15) is 54.0 Å². The number of aromatic amines is 1. The minimum Gasteiger partial charge on any atom is -0.480 e. The Labute approximate surface area is 258 Å². The number of aliphatic hydroxyl groups is 2. The molecule has 2 fully saturated rings. The number of alkyl carbamates (subject to hydrolysis) is 1. The van der Waals surface area contributed by atoms with Crippen molar-refractivity contribution in [2.75, 3.05) is 6.61 Å². The van der Waals surface area contributed by atoms with Crippen molar-refractivity contribution in [2.24, 2.45) is 5.73 Å². The second kappa shape index (κ2) is 13.4. The number of nitrogens with zero attached hydrogens (tertiary/aromatic N) is 1. The number of nitrogens with one attached hydrogen (secondary N) is 3. The second-order valence-corrected chi connectivity index (χ2v) is 11.7. The van der Waals surface area contributed by atoms with E-state index in [2.05, 4.69) is 10.6 Å². The molecule has 0 radical (unpaired) electrons. The average Bonchev–Trinajstić information content (AvgIpc) is 3.37. The number of carboxylic acids is 2. The number of amides is 3. The van der Waals surface area contributed by atoms with Crippen LogP contribution in [0, 0.1) is 0 Å². The predicted molar refractivity (Wildman–Crippen MR) is 146 cm³/mol. The number of hydrogen-bond donors (Lipinski definition) is 8. The topological polar surface area (TPSA) is 317 Å². The molecule has 256 valence electrons. The fraction of sp³-hybridized carbons (Fsp3) is 0.640. The van der Waals surface area contributed by atoms with E-state index in [-0.39, 0.29) is 0 Å². The van der Waals surface area contributed by atoms with Crippen LogP contribution in [-0.2, 0) is 33.3 Å². The Morgan fingerprint density at radius 3 is 2.22 bits per heavy atom. The lowest BCUT2D eigenvalue weighted by Crippen LogP contribution is -2.62. The quantitative estimate of drug-likeness (QED) is 0.123. The zero-order chi connectivity index (χ0) is 34.9. The summed E-state index contributed by atoms with van der Waals surface area (Å²) >= 11 is 0. The fourth-order valence-electron chi connectivity index (χ4n) is 4.72. The van der Waals surface area contributed by atoms with E-state index in [0.717, 1.165) is 0 Å². The summed E-state index contributed by atoms with van der Waals surface area (Å²) in [5.41, 5.74) is 0.497. The first kappa shape index (κ1) is 35.9. The van der Waals surface area contributed by atoms with Crippen LogP contribution in [0.2, 0.25) is 0 Å². The van der Waals surface area contributed by atoms with Gasteiger partial charge in [0.05, 0.1) is 0 Å². The van der Waals surface area contributed by atoms with Crippen LogP contribution in [0.3, 0.4) is 0 Å². The summed E-state index contributed by atoms with van der Waals surface area (Å²) in [6, 6.07) is -4.02. The Morgan fingerprint density at radius 1 is 1.04 bits per heavy atom. The number of primary amides is 1. The molecule has 21 nitrogen and oxygen atoms in total. The van der Waals surface area contributed by atoms with Crippen molar-refractivity contribution in [2.45, 2.75) is 94.8 Å². The Morgan fingerprint density at radius 2 is 1.67 bits per heavy atom. The molecule has 3 rings (SSSR count). The van der Waals surface area contributed by atoms with Gasteiger partial charge in [0.1, 0.15) is 54.3 Å². The van der Waals surface area contributed by atoms with Crippen molar-refractivity contribution in [3.63, 3.8) is 0 Å². The molecular formula is C25H35N5O16. The second-order valence-electron chi connectivity index (χ2n) is 11.7. The number of nitrogens with two attached hydrogens (primary N) is 1. The van der Waals surface area contributed by atoms with Crippen LogP contribution in [0.15, 0.2) is 15.8 Å². The lowest BCUT2D eigenvalue weighted by Gasteiger charge is -2.30. The highest BCUT2D eigenvalue weighted by molar-refractivity contribution is 5.90. The molecular weight excluding hydrogens is 626 g/mol. The molecule has 2 aliphatic rings. The largest absolute Gasteiger partial charge is 0.480 e. The van der Waals surface area contributed by atoms with Crippen molar-refractivity contribution >= 4 is 30.0 Å². The number of carbonyl (C=O) groups is 5. The van der Waals surface area contributed by atoms with Crippen LogP contribution < -0.4 is 27.6 Å². The first-order chi connectivity index (χ1) is 21.1. The van der Waals surface area contributed by atoms with Gasteiger partial charge in [-0.25, -0.2) is 24.0 Å². The molecule has 2 saturated heterocycles. The first-order valence-corrected chi connectivity index (χ1v) is 13.5. The number of aliphatic hydroxyl groups excluding tert-OH is 2. The van der Waals surface area contributed by atoms with Crippen molar-refractivity contribution in [1.82, 2.24) is 20.2 Å². The summed E-state index contributed by atoms with van der Waals surface area (Å²) in [5.74, 6) is -6.26. The van der Waals surface area contributed by atoms with Gasteiger partial charge in [-0.3, -0.25) is 19.1 Å². The molecule has 46 heavy (non-hydrogen) atoms. The van der Waals surface area contributed by atoms with Crippen LogP contribution in [0.4, 0.5) is 9.59 Å². The molecule has 0 saturated carbocycles. The van der Waals surface area contributed by atoms with Gasteiger partial charge in [-0.15, -0.1) is 0 Å². The number of carbonyl (C=O) groups excluding carboxylic acids is 3. The summed E-state index contributed by atoms with van der Waals surface area (Å²) < 4.78 is 27.3. The molecule has 9 N–H and O–H groups in total. The third-order valence-electron chi connectivity index (χ3n) is 6.53. The Kier molecular flexibility index (Phi) is 10.5. The van der Waals surface area contributed by atoms with E-state index in [0.29, 0.717) is 10.8 Å². The van der Waals surface area contributed by atoms with Gasteiger partial charge in [-0.1, -0.05) is 0 Å². The number of aromatic nitrogens is 2. The number of H-pyrrole nitrogens is 1. The molecule has 21 heteroatoms. The highest BCUT2D eigenvalue weighted by Crippen LogP contribution is 2.32. The molecule has 0 unspecified atom stereocenters. The molecule has 3 heterocycles. The Hall–Kier alpha value is -4.57. The molecule has 0 aromatic carbocycles. The predicted octanol–water partition coefficient (Wildman–Crippen LogP) is -3.07. The number of carboxylic acid groups (broad SMARTS) is 2. The van der Waals surface area contributed by atoms with Gasteiger partial charge < -0.3 is 60.5 Å². The molecule has 1 aromatic rings. The molecule has 8 atom stereocenters. The summed E-state index contributed by atoms with van der Waals surface area (Å²) in [5, 5.41) is 44.9. The van der Waals surface area contributed by atoms with E-state index in [1.807, 2.05) is 0 Å². The van der Waals surface area contributed by atoms with Gasteiger partial charge in [-0.2, -0.15) is 0 Å². The number of aliphatic carboxylic acids is 1. The maximum Gasteiger partial charge on any atom is 0.408 e. The number of aromatic carboxylic acids is 1. The summed E-state index contributed by atoms with van der Waals surface area (Å²) in [4.78, 5) is 87.3. The third-order valence-corrected chi connectivity index (χ3v) is 6.53. The minimum atomic E-state index is -2.20. The summed E-state index contributed by atoms with van der Waals surface area (Å²) in [6.07, 6.45) is -12.6. The fourth-order valence-corrected chi connectivity index (χ4v) is 4.72. The SMILES string of the molecule is CC(C)(C)OC(=O)N[C@H](C(=O)N[C@H](C(=O)O)[C@H]1O[C@@H](n2cc(C(=O)O)c(=O)[nH]c2=O)[C@H](O)[C@@H]1O)[C@@H]1OC(C)(C)O[C@H]1COC(N)=O. The Bertz CT molecular complexity index is 1480. The number of hydrogen-bond acceptors (Lipinski definition) is 14. The van der Waals surface area contributed by atoms with Gasteiger partial charge in [-0.05, 0) is 34.6 Å². The van der Waals surface area contributed by atoms with Crippen LogP contribution in [0.5, 0.6) is 0 Å². The van der Waals surface area contributed by atoms with Crippen molar-refractivity contribution in [1.29, 1.82) is 0 Å². The normalized spacial score (nSPS) is 26.8. The van der Waals surface area contributed by atoms with Gasteiger partial charge in [0.2, 0.25) is 5.91 Å². The maximum absolute atomic E-state index is 13.7. The van der Waals surface area contributed by atoms with Gasteiger partial charge in [0, 0.05) is 6.20 Å². The average molecular weight is 662 g/mol. The minimum absolute atomic E-state index is 0.418. The van der Waals surface area contributed by atoms with Crippen LogP contribution in [0.1, 0.15) is 51.2 Å². The lowest BCUT2D eigenvalue weighted by molar-refractivity contribution is -0.156. The van der Waals surface area contributed by atoms with E-state index in [1.165, 1.54) is 34.6 Å². The number of ether oxygens (including phenoxy) is 5. The van der Waals surface area contributed by atoms with Crippen LogP contribution >= 0.6 is 0 Å². The van der Waals surface area contributed by atoms with E-state index < -0.39 is 114 Å². The maximum atomic E-state index is 13.7. The van der Waals surface area contributed by atoms with E-state index in [4.69, 9.17) is 29.4 Å².